The van der Waals surface area contributed by atoms with Gasteiger partial charge in [-0.2, -0.15) is 0 Å². The van der Waals surface area contributed by atoms with Crippen molar-refractivity contribution in [2.75, 3.05) is 37.7 Å². The maximum atomic E-state index is 13.8. The highest BCUT2D eigenvalue weighted by Gasteiger charge is 2.54. The van der Waals surface area contributed by atoms with Gasteiger partial charge in [0.15, 0.2) is 0 Å². The predicted octanol–water partition coefficient (Wildman–Crippen LogP) is 3.73. The Morgan fingerprint density at radius 2 is 1.75 bits per heavy atom. The number of hydrogen-bond donors (Lipinski definition) is 1. The number of carbonyl (C=O) groups excluding carboxylic acids is 3. The van der Waals surface area contributed by atoms with Crippen molar-refractivity contribution in [3.05, 3.63) is 64.1 Å². The molecule has 5 rings (SSSR count). The van der Waals surface area contributed by atoms with Gasteiger partial charge < -0.3 is 20.0 Å². The van der Waals surface area contributed by atoms with Crippen LogP contribution in [-0.4, -0.2) is 65.9 Å². The Morgan fingerprint density at radius 3 is 2.42 bits per heavy atom. The first-order valence-electron chi connectivity index (χ1n) is 12.5. The number of anilines is 1. The SMILES string of the molecule is O=C(CN1CN(c2ccccc2)C2(CCN(C(=O)C3CC3)CC2)C1=O)NCCc1ccc(Cl)cc1Cl. The predicted molar refractivity (Wildman–Crippen MR) is 140 cm³/mol. The van der Waals surface area contributed by atoms with Crippen molar-refractivity contribution in [2.45, 2.75) is 37.6 Å². The molecule has 0 aromatic heterocycles. The van der Waals surface area contributed by atoms with Gasteiger partial charge >= 0.3 is 0 Å². The van der Waals surface area contributed by atoms with Crippen LogP contribution >= 0.6 is 23.2 Å². The second kappa shape index (κ2) is 10.3. The van der Waals surface area contributed by atoms with E-state index in [0.717, 1.165) is 24.1 Å². The van der Waals surface area contributed by atoms with Gasteiger partial charge in [0.1, 0.15) is 12.1 Å². The maximum Gasteiger partial charge on any atom is 0.250 e. The number of carbonyl (C=O) groups is 3. The summed E-state index contributed by atoms with van der Waals surface area (Å²) in [6.07, 6.45) is 3.64. The summed E-state index contributed by atoms with van der Waals surface area (Å²) in [7, 11) is 0. The van der Waals surface area contributed by atoms with Crippen molar-refractivity contribution in [3.8, 4) is 0 Å². The smallest absolute Gasteiger partial charge is 0.250 e. The van der Waals surface area contributed by atoms with Crippen molar-refractivity contribution >= 4 is 46.6 Å². The highest BCUT2D eigenvalue weighted by atomic mass is 35.5. The van der Waals surface area contributed by atoms with Gasteiger partial charge in [0.25, 0.3) is 5.91 Å². The van der Waals surface area contributed by atoms with Crippen LogP contribution in [0.5, 0.6) is 0 Å². The Balaban J connectivity index is 1.24. The molecule has 3 fully saturated rings. The summed E-state index contributed by atoms with van der Waals surface area (Å²) in [5.74, 6) is 0.144. The van der Waals surface area contributed by atoms with Crippen molar-refractivity contribution in [3.63, 3.8) is 0 Å². The average molecular weight is 529 g/mol. The van der Waals surface area contributed by atoms with E-state index in [2.05, 4.69) is 10.2 Å². The van der Waals surface area contributed by atoms with Crippen LogP contribution in [0.15, 0.2) is 48.5 Å². The van der Waals surface area contributed by atoms with E-state index in [1.54, 1.807) is 17.0 Å². The van der Waals surface area contributed by atoms with Crippen LogP contribution in [0.3, 0.4) is 0 Å². The molecule has 2 aromatic carbocycles. The Bertz CT molecular complexity index is 1150. The number of halogens is 2. The monoisotopic (exact) mass is 528 g/mol. The molecule has 1 aliphatic carbocycles. The third-order valence-corrected chi connectivity index (χ3v) is 8.06. The van der Waals surface area contributed by atoms with Gasteiger partial charge in [-0.25, -0.2) is 0 Å². The molecule has 2 heterocycles. The molecule has 0 bridgehead atoms. The third-order valence-electron chi connectivity index (χ3n) is 7.48. The minimum atomic E-state index is -0.737. The molecular weight excluding hydrogens is 499 g/mol. The molecule has 0 atom stereocenters. The van der Waals surface area contributed by atoms with Crippen LogP contribution in [0.25, 0.3) is 0 Å². The summed E-state index contributed by atoms with van der Waals surface area (Å²) in [6, 6.07) is 15.2. The van der Waals surface area contributed by atoms with E-state index < -0.39 is 5.54 Å². The van der Waals surface area contributed by atoms with E-state index in [0.29, 0.717) is 55.6 Å². The van der Waals surface area contributed by atoms with Crippen LogP contribution in [-0.2, 0) is 20.8 Å². The van der Waals surface area contributed by atoms with Crippen LogP contribution in [0.1, 0.15) is 31.2 Å². The second-order valence-corrected chi connectivity index (χ2v) is 10.7. The molecule has 9 heteroatoms. The van der Waals surface area contributed by atoms with Gasteiger partial charge in [-0.1, -0.05) is 47.5 Å². The van der Waals surface area contributed by atoms with E-state index in [1.807, 2.05) is 41.3 Å². The Kier molecular flexibility index (Phi) is 7.13. The highest BCUT2D eigenvalue weighted by Crippen LogP contribution is 2.40. The number of para-hydroxylation sites is 1. The lowest BCUT2D eigenvalue weighted by Crippen LogP contribution is -2.57. The zero-order valence-electron chi connectivity index (χ0n) is 20.1. The number of rotatable bonds is 7. The molecule has 7 nitrogen and oxygen atoms in total. The molecule has 36 heavy (non-hydrogen) atoms. The minimum Gasteiger partial charge on any atom is -0.354 e. The van der Waals surface area contributed by atoms with E-state index in [1.165, 1.54) is 0 Å². The summed E-state index contributed by atoms with van der Waals surface area (Å²) in [4.78, 5) is 44.8. The fourth-order valence-electron chi connectivity index (χ4n) is 5.30. The molecule has 2 aromatic rings. The first kappa shape index (κ1) is 24.9. The number of nitrogens with zero attached hydrogens (tertiary/aromatic N) is 3. The first-order valence-corrected chi connectivity index (χ1v) is 13.2. The van der Waals surface area contributed by atoms with Crippen molar-refractivity contribution in [1.82, 2.24) is 15.1 Å². The zero-order chi connectivity index (χ0) is 25.3. The number of benzene rings is 2. The molecule has 0 unspecified atom stereocenters. The largest absolute Gasteiger partial charge is 0.354 e. The molecule has 1 saturated carbocycles. The van der Waals surface area contributed by atoms with Crippen LogP contribution < -0.4 is 10.2 Å². The summed E-state index contributed by atoms with van der Waals surface area (Å²) in [5, 5.41) is 4.05. The number of amides is 3. The lowest BCUT2D eigenvalue weighted by molar-refractivity contribution is -0.140. The number of hydrogen-bond acceptors (Lipinski definition) is 4. The second-order valence-electron chi connectivity index (χ2n) is 9.87. The number of nitrogens with one attached hydrogen (secondary N) is 1. The van der Waals surface area contributed by atoms with Gasteiger partial charge in [0.2, 0.25) is 11.8 Å². The molecular formula is C27H30Cl2N4O3. The highest BCUT2D eigenvalue weighted by molar-refractivity contribution is 6.35. The van der Waals surface area contributed by atoms with Crippen LogP contribution in [0.2, 0.25) is 10.0 Å². The lowest BCUT2D eigenvalue weighted by Gasteiger charge is -2.43. The van der Waals surface area contributed by atoms with Gasteiger partial charge in [-0.05, 0) is 61.9 Å². The van der Waals surface area contributed by atoms with Crippen molar-refractivity contribution in [1.29, 1.82) is 0 Å². The van der Waals surface area contributed by atoms with Gasteiger partial charge in [0.05, 0.1) is 6.67 Å². The zero-order valence-corrected chi connectivity index (χ0v) is 21.6. The van der Waals surface area contributed by atoms with Gasteiger partial charge in [-0.15, -0.1) is 0 Å². The summed E-state index contributed by atoms with van der Waals surface area (Å²) in [6.45, 7) is 1.87. The fourth-order valence-corrected chi connectivity index (χ4v) is 5.80. The fraction of sp³-hybridized carbons (Fsp3) is 0.444. The minimum absolute atomic E-state index is 0.0109. The van der Waals surface area contributed by atoms with Crippen LogP contribution in [0, 0.1) is 5.92 Å². The molecule has 1 N–H and O–H groups in total. The number of piperidine rings is 1. The van der Waals surface area contributed by atoms with E-state index >= 15 is 0 Å². The molecule has 1 spiro atoms. The van der Waals surface area contributed by atoms with Gasteiger partial charge in [-0.3, -0.25) is 14.4 Å². The van der Waals surface area contributed by atoms with Crippen molar-refractivity contribution in [2.24, 2.45) is 5.92 Å². The first-order chi connectivity index (χ1) is 17.4. The summed E-state index contributed by atoms with van der Waals surface area (Å²) >= 11 is 12.2. The molecule has 3 aliphatic rings. The maximum absolute atomic E-state index is 13.8. The Hall–Kier alpha value is -2.77. The lowest BCUT2D eigenvalue weighted by atomic mass is 9.85. The van der Waals surface area contributed by atoms with Crippen molar-refractivity contribution < 1.29 is 14.4 Å². The molecule has 2 aliphatic heterocycles. The summed E-state index contributed by atoms with van der Waals surface area (Å²) in [5.41, 5.74) is 1.12. The molecule has 3 amide bonds. The molecule has 0 radical (unpaired) electrons. The summed E-state index contributed by atoms with van der Waals surface area (Å²) < 4.78 is 0. The third kappa shape index (κ3) is 5.04. The average Bonchev–Trinajstić information content (AvgIpc) is 3.70. The Morgan fingerprint density at radius 1 is 1.03 bits per heavy atom. The molecule has 2 saturated heterocycles. The normalized spacial score (nSPS) is 19.2. The topological polar surface area (TPSA) is 73.0 Å². The van der Waals surface area contributed by atoms with Gasteiger partial charge in [0, 0.05) is 41.3 Å². The standard InChI is InChI=1S/C27H30Cl2N4O3/c28-21-9-8-19(23(29)16-21)10-13-30-24(34)17-32-18-33(22-4-2-1-3-5-22)27(26(32)36)11-14-31(15-12-27)25(35)20-6-7-20/h1-5,8-9,16,20H,6-7,10-15,17-18H2,(H,30,34). The quantitative estimate of drug-likeness (QED) is 0.594. The van der Waals surface area contributed by atoms with E-state index in [-0.39, 0.29) is 30.2 Å². The number of likely N-dealkylation sites (tertiary alicyclic amines) is 1. The van der Waals surface area contributed by atoms with E-state index in [4.69, 9.17) is 23.2 Å². The van der Waals surface area contributed by atoms with Crippen LogP contribution in [0.4, 0.5) is 5.69 Å². The molecule has 190 valence electrons. The van der Waals surface area contributed by atoms with E-state index in [9.17, 15) is 14.4 Å². The Labute approximate surface area is 221 Å².